The Hall–Kier alpha value is -1.68. The van der Waals surface area contributed by atoms with Gasteiger partial charge in [0.05, 0.1) is 11.7 Å². The van der Waals surface area contributed by atoms with E-state index in [1.54, 1.807) is 23.6 Å². The molecule has 1 atom stereocenters. The number of sulfonamides is 1. The Bertz CT molecular complexity index is 664. The maximum Gasteiger partial charge on any atom is 0.309 e. The smallest absolute Gasteiger partial charge is 0.309 e. The van der Waals surface area contributed by atoms with Gasteiger partial charge in [-0.25, -0.2) is 12.7 Å². The number of nitrogens with zero attached hydrogens (tertiary/aromatic N) is 3. The highest BCUT2D eigenvalue weighted by Gasteiger charge is 2.33. The molecule has 27 heavy (non-hydrogen) atoms. The van der Waals surface area contributed by atoms with Crippen LogP contribution in [0, 0.1) is 5.92 Å². The van der Waals surface area contributed by atoms with Crippen LogP contribution in [0.5, 0.6) is 0 Å². The number of ether oxygens (including phenoxy) is 1. The number of hydrogen-bond donors (Lipinski definition) is 0. The van der Waals surface area contributed by atoms with E-state index < -0.39 is 28.0 Å². The van der Waals surface area contributed by atoms with Crippen molar-refractivity contribution in [1.29, 1.82) is 0 Å². The number of carbonyl (C=O) groups is 3. The van der Waals surface area contributed by atoms with Crippen LogP contribution in [0.1, 0.15) is 33.6 Å². The summed E-state index contributed by atoms with van der Waals surface area (Å²) in [5, 5.41) is 0. The Morgan fingerprint density at radius 1 is 1.00 bits per heavy atom. The van der Waals surface area contributed by atoms with E-state index in [-0.39, 0.29) is 17.6 Å². The highest BCUT2D eigenvalue weighted by molar-refractivity contribution is 7.89. The molecular formula is C17H29N3O6S. The predicted molar refractivity (Wildman–Crippen MR) is 98.1 cm³/mol. The number of hydrogen-bond acceptors (Lipinski definition) is 6. The van der Waals surface area contributed by atoms with Gasteiger partial charge in [0.15, 0.2) is 6.10 Å². The first-order valence-corrected chi connectivity index (χ1v) is 11.0. The predicted octanol–water partition coefficient (Wildman–Crippen LogP) is -0.329. The normalized spacial score (nSPS) is 21.0. The van der Waals surface area contributed by atoms with Gasteiger partial charge in [0.25, 0.3) is 5.91 Å². The van der Waals surface area contributed by atoms with Gasteiger partial charge in [-0.1, -0.05) is 0 Å². The molecule has 10 heteroatoms. The van der Waals surface area contributed by atoms with Crippen LogP contribution < -0.4 is 0 Å². The van der Waals surface area contributed by atoms with E-state index in [0.717, 1.165) is 0 Å². The lowest BCUT2D eigenvalue weighted by Gasteiger charge is -2.35. The third kappa shape index (κ3) is 5.41. The average Bonchev–Trinajstić information content (AvgIpc) is 2.67. The summed E-state index contributed by atoms with van der Waals surface area (Å²) in [7, 11) is -3.24. The zero-order chi connectivity index (χ0) is 20.2. The highest BCUT2D eigenvalue weighted by atomic mass is 32.2. The first kappa shape index (κ1) is 21.6. The van der Waals surface area contributed by atoms with Crippen LogP contribution in [-0.4, -0.2) is 91.4 Å². The van der Waals surface area contributed by atoms with E-state index in [1.807, 2.05) is 0 Å². The molecule has 0 radical (unpaired) electrons. The van der Waals surface area contributed by atoms with Gasteiger partial charge < -0.3 is 14.5 Å². The summed E-state index contributed by atoms with van der Waals surface area (Å²) < 4.78 is 30.5. The monoisotopic (exact) mass is 403 g/mol. The second-order valence-corrected chi connectivity index (χ2v) is 9.24. The fourth-order valence-electron chi connectivity index (χ4n) is 3.37. The van der Waals surface area contributed by atoms with E-state index in [4.69, 9.17) is 4.74 Å². The van der Waals surface area contributed by atoms with Crippen molar-refractivity contribution in [1.82, 2.24) is 14.1 Å². The van der Waals surface area contributed by atoms with Gasteiger partial charge >= 0.3 is 5.97 Å². The van der Waals surface area contributed by atoms with Gasteiger partial charge in [0.2, 0.25) is 15.9 Å². The Morgan fingerprint density at radius 2 is 1.52 bits per heavy atom. The van der Waals surface area contributed by atoms with E-state index in [0.29, 0.717) is 52.1 Å². The molecule has 1 unspecified atom stereocenters. The van der Waals surface area contributed by atoms with Crippen molar-refractivity contribution < 1.29 is 27.5 Å². The molecule has 0 spiro atoms. The molecule has 0 aromatic rings. The molecule has 0 aromatic carbocycles. The second kappa shape index (κ2) is 9.01. The Morgan fingerprint density at radius 3 is 2.00 bits per heavy atom. The Kier molecular flexibility index (Phi) is 7.21. The fraction of sp³-hybridized carbons (Fsp3) is 0.824. The summed E-state index contributed by atoms with van der Waals surface area (Å²) in [6.07, 6.45) is -0.0919. The van der Waals surface area contributed by atoms with Crippen molar-refractivity contribution in [3.05, 3.63) is 0 Å². The van der Waals surface area contributed by atoms with Gasteiger partial charge in [-0.3, -0.25) is 14.4 Å². The van der Waals surface area contributed by atoms with Crippen LogP contribution in [0.4, 0.5) is 0 Å². The third-order valence-electron chi connectivity index (χ3n) is 5.22. The molecule has 154 valence electrons. The lowest BCUT2D eigenvalue weighted by atomic mass is 9.98. The van der Waals surface area contributed by atoms with Gasteiger partial charge in [-0.2, -0.15) is 0 Å². The summed E-state index contributed by atoms with van der Waals surface area (Å²) in [6, 6.07) is 0. The van der Waals surface area contributed by atoms with Crippen molar-refractivity contribution >= 4 is 27.8 Å². The molecule has 2 rings (SSSR count). The maximum atomic E-state index is 12.5. The van der Waals surface area contributed by atoms with Crippen LogP contribution >= 0.6 is 0 Å². The molecule has 0 N–H and O–H groups in total. The molecule has 0 aliphatic carbocycles. The van der Waals surface area contributed by atoms with Crippen LogP contribution in [0.25, 0.3) is 0 Å². The standard InChI is InChI=1S/C17H29N3O6S/c1-4-27(24,25)20-7-5-15(6-8-20)17(23)26-13(2)16(22)19-11-9-18(10-12-19)14(3)21/h13,15H,4-12H2,1-3H3. The summed E-state index contributed by atoms with van der Waals surface area (Å²) in [5.74, 6) is -1.08. The molecule has 0 saturated carbocycles. The van der Waals surface area contributed by atoms with Gasteiger partial charge in [-0.15, -0.1) is 0 Å². The highest BCUT2D eigenvalue weighted by Crippen LogP contribution is 2.22. The van der Waals surface area contributed by atoms with Crippen molar-refractivity contribution in [2.75, 3.05) is 45.0 Å². The molecule has 0 bridgehead atoms. The second-order valence-electron chi connectivity index (χ2n) is 6.98. The summed E-state index contributed by atoms with van der Waals surface area (Å²) in [4.78, 5) is 39.5. The number of rotatable bonds is 5. The number of piperidine rings is 1. The lowest BCUT2D eigenvalue weighted by Crippen LogP contribution is -2.52. The van der Waals surface area contributed by atoms with Crippen LogP contribution in [0.15, 0.2) is 0 Å². The van der Waals surface area contributed by atoms with E-state index in [2.05, 4.69) is 0 Å². The Labute approximate surface area is 160 Å². The van der Waals surface area contributed by atoms with Crippen LogP contribution in [0.2, 0.25) is 0 Å². The van der Waals surface area contributed by atoms with Crippen molar-refractivity contribution in [3.8, 4) is 0 Å². The molecule has 2 fully saturated rings. The molecule has 2 aliphatic rings. The number of piperazine rings is 1. The molecule has 2 saturated heterocycles. The minimum absolute atomic E-state index is 0.0157. The SMILES string of the molecule is CCS(=O)(=O)N1CCC(C(=O)OC(C)C(=O)N2CCN(C(C)=O)CC2)CC1. The zero-order valence-corrected chi connectivity index (χ0v) is 17.0. The molecule has 2 aliphatic heterocycles. The maximum absolute atomic E-state index is 12.5. The fourth-order valence-corrected chi connectivity index (χ4v) is 4.50. The van der Waals surface area contributed by atoms with Gasteiger partial charge in [-0.05, 0) is 26.7 Å². The van der Waals surface area contributed by atoms with Crippen molar-refractivity contribution in [3.63, 3.8) is 0 Å². The number of esters is 1. The molecule has 0 aromatic heterocycles. The summed E-state index contributed by atoms with van der Waals surface area (Å²) >= 11 is 0. The first-order chi connectivity index (χ1) is 12.7. The van der Waals surface area contributed by atoms with Gasteiger partial charge in [0.1, 0.15) is 0 Å². The van der Waals surface area contributed by atoms with Crippen molar-refractivity contribution in [2.45, 2.75) is 39.7 Å². The molecular weight excluding hydrogens is 374 g/mol. The van der Waals surface area contributed by atoms with Gasteiger partial charge in [0, 0.05) is 46.2 Å². The third-order valence-corrected chi connectivity index (χ3v) is 7.10. The topological polar surface area (TPSA) is 104 Å². The minimum Gasteiger partial charge on any atom is -0.452 e. The lowest BCUT2D eigenvalue weighted by molar-refractivity contribution is -0.164. The number of amides is 2. The first-order valence-electron chi connectivity index (χ1n) is 9.38. The van der Waals surface area contributed by atoms with E-state index in [9.17, 15) is 22.8 Å². The van der Waals surface area contributed by atoms with Crippen molar-refractivity contribution in [2.24, 2.45) is 5.92 Å². The van der Waals surface area contributed by atoms with Crippen LogP contribution in [-0.2, 0) is 29.1 Å². The quantitative estimate of drug-likeness (QED) is 0.582. The zero-order valence-electron chi connectivity index (χ0n) is 16.2. The average molecular weight is 404 g/mol. The molecule has 9 nitrogen and oxygen atoms in total. The minimum atomic E-state index is -3.24. The van der Waals surface area contributed by atoms with Crippen LogP contribution in [0.3, 0.4) is 0 Å². The Balaban J connectivity index is 1.80. The largest absolute Gasteiger partial charge is 0.452 e. The molecule has 2 heterocycles. The number of carbonyl (C=O) groups excluding carboxylic acids is 3. The summed E-state index contributed by atoms with van der Waals surface area (Å²) in [6.45, 7) is 7.04. The van der Waals surface area contributed by atoms with E-state index >= 15 is 0 Å². The summed E-state index contributed by atoms with van der Waals surface area (Å²) in [5.41, 5.74) is 0. The molecule has 2 amide bonds. The van der Waals surface area contributed by atoms with E-state index in [1.165, 1.54) is 11.2 Å².